The minimum atomic E-state index is -0.461. The van der Waals surface area contributed by atoms with Gasteiger partial charge in [-0.05, 0) is 5.56 Å². The van der Waals surface area contributed by atoms with Crippen LogP contribution in [0.3, 0.4) is 0 Å². The summed E-state index contributed by atoms with van der Waals surface area (Å²) in [5.74, 6) is -0.116. The molecular weight excluding hydrogens is 262 g/mol. The first kappa shape index (κ1) is 14.4. The van der Waals surface area contributed by atoms with Crippen LogP contribution in [0, 0.1) is 10.1 Å². The predicted molar refractivity (Wildman–Crippen MR) is 72.4 cm³/mol. The van der Waals surface area contributed by atoms with Crippen LogP contribution >= 0.6 is 0 Å². The number of methoxy groups -OCH3 is 1. The van der Waals surface area contributed by atoms with E-state index in [0.29, 0.717) is 6.54 Å². The maximum absolute atomic E-state index is 11.9. The number of benzene rings is 1. The Morgan fingerprint density at radius 2 is 2.15 bits per heavy atom. The number of nitrogens with zero attached hydrogens (tertiary/aromatic N) is 1. The number of ether oxygens (including phenoxy) is 1. The highest BCUT2D eigenvalue weighted by atomic mass is 16.6. The monoisotopic (exact) mass is 279 g/mol. The van der Waals surface area contributed by atoms with Gasteiger partial charge in [-0.15, -0.1) is 0 Å². The third-order valence-corrected chi connectivity index (χ3v) is 3.32. The molecule has 1 unspecified atom stereocenters. The summed E-state index contributed by atoms with van der Waals surface area (Å²) in [5.41, 5.74) is 0.765. The van der Waals surface area contributed by atoms with E-state index in [0.717, 1.165) is 12.1 Å². The summed E-state index contributed by atoms with van der Waals surface area (Å²) in [5, 5.41) is 16.6. The van der Waals surface area contributed by atoms with Crippen molar-refractivity contribution in [3.05, 3.63) is 39.9 Å². The Kier molecular flexibility index (Phi) is 4.65. The van der Waals surface area contributed by atoms with Gasteiger partial charge >= 0.3 is 0 Å². The molecule has 0 radical (unpaired) electrons. The highest BCUT2D eigenvalue weighted by Gasteiger charge is 2.27. The van der Waals surface area contributed by atoms with E-state index in [9.17, 15) is 14.9 Å². The maximum Gasteiger partial charge on any atom is 0.269 e. The van der Waals surface area contributed by atoms with Gasteiger partial charge in [0.25, 0.3) is 5.69 Å². The molecule has 1 heterocycles. The number of nitro groups is 1. The van der Waals surface area contributed by atoms with Crippen LogP contribution in [0.1, 0.15) is 5.56 Å². The first-order valence-electron chi connectivity index (χ1n) is 6.36. The summed E-state index contributed by atoms with van der Waals surface area (Å²) in [7, 11) is 1.62. The molecule has 1 amide bonds. The summed E-state index contributed by atoms with van der Waals surface area (Å²) in [6.07, 6.45) is 0.182. The zero-order valence-corrected chi connectivity index (χ0v) is 11.2. The third-order valence-electron chi connectivity index (χ3n) is 3.32. The van der Waals surface area contributed by atoms with Gasteiger partial charge in [0.15, 0.2) is 0 Å². The number of hydrogen-bond acceptors (Lipinski definition) is 5. The molecule has 0 aromatic heterocycles. The summed E-state index contributed by atoms with van der Waals surface area (Å²) >= 11 is 0. The van der Waals surface area contributed by atoms with Crippen molar-refractivity contribution in [2.75, 3.05) is 20.2 Å². The van der Waals surface area contributed by atoms with E-state index in [2.05, 4.69) is 10.6 Å². The van der Waals surface area contributed by atoms with Crippen molar-refractivity contribution < 1.29 is 14.5 Å². The molecule has 108 valence electrons. The van der Waals surface area contributed by atoms with Crippen LogP contribution in [0.5, 0.6) is 0 Å². The van der Waals surface area contributed by atoms with Crippen LogP contribution in [0.2, 0.25) is 0 Å². The van der Waals surface area contributed by atoms with Gasteiger partial charge in [-0.3, -0.25) is 14.9 Å². The number of nitrogens with one attached hydrogen (secondary N) is 2. The zero-order chi connectivity index (χ0) is 14.5. The van der Waals surface area contributed by atoms with Crippen LogP contribution in [-0.2, 0) is 16.0 Å². The van der Waals surface area contributed by atoms with E-state index in [-0.39, 0.29) is 30.2 Å². The van der Waals surface area contributed by atoms with E-state index in [1.807, 2.05) is 0 Å². The number of carbonyl (C=O) groups is 1. The Morgan fingerprint density at radius 3 is 2.75 bits per heavy atom. The van der Waals surface area contributed by atoms with Crippen molar-refractivity contribution in [3.8, 4) is 0 Å². The third kappa shape index (κ3) is 3.52. The molecular formula is C13H17N3O4. The van der Waals surface area contributed by atoms with Crippen LogP contribution in [0.25, 0.3) is 0 Å². The number of amides is 1. The fourth-order valence-electron chi connectivity index (χ4n) is 2.23. The van der Waals surface area contributed by atoms with E-state index in [1.165, 1.54) is 12.1 Å². The summed E-state index contributed by atoms with van der Waals surface area (Å²) in [6, 6.07) is 5.96. The molecule has 1 aliphatic heterocycles. The smallest absolute Gasteiger partial charge is 0.269 e. The first-order valence-corrected chi connectivity index (χ1v) is 6.36. The van der Waals surface area contributed by atoms with Crippen molar-refractivity contribution in [2.45, 2.75) is 18.6 Å². The molecule has 0 bridgehead atoms. The van der Waals surface area contributed by atoms with Crippen molar-refractivity contribution in [2.24, 2.45) is 0 Å². The van der Waals surface area contributed by atoms with Crippen LogP contribution < -0.4 is 10.6 Å². The SMILES string of the molecule is CO[C@H]1CNCC1NC(=O)Cc1ccc([N+](=O)[O-])cc1. The number of non-ortho nitro benzene ring substituents is 1. The molecule has 1 saturated heterocycles. The van der Waals surface area contributed by atoms with Gasteiger partial charge in [0.05, 0.1) is 23.5 Å². The highest BCUT2D eigenvalue weighted by Crippen LogP contribution is 2.12. The second kappa shape index (κ2) is 6.44. The van der Waals surface area contributed by atoms with Crippen LogP contribution in [-0.4, -0.2) is 43.2 Å². The Balaban J connectivity index is 1.89. The van der Waals surface area contributed by atoms with E-state index >= 15 is 0 Å². The average Bonchev–Trinajstić information content (AvgIpc) is 2.86. The number of carbonyl (C=O) groups excluding carboxylic acids is 1. The molecule has 0 spiro atoms. The molecule has 7 nitrogen and oxygen atoms in total. The second-order valence-electron chi connectivity index (χ2n) is 4.71. The standard InChI is InChI=1S/C13H17N3O4/c1-20-12-8-14-7-11(12)15-13(17)6-9-2-4-10(5-3-9)16(18)19/h2-5,11-12,14H,6-8H2,1H3,(H,15,17)/t11?,12-/m0/s1. The highest BCUT2D eigenvalue weighted by molar-refractivity contribution is 5.79. The Bertz CT molecular complexity index is 489. The molecule has 1 aromatic rings. The second-order valence-corrected chi connectivity index (χ2v) is 4.71. The van der Waals surface area contributed by atoms with Gasteiger partial charge in [-0.2, -0.15) is 0 Å². The van der Waals surface area contributed by atoms with Gasteiger partial charge in [0.1, 0.15) is 0 Å². The van der Waals surface area contributed by atoms with Crippen molar-refractivity contribution in [3.63, 3.8) is 0 Å². The lowest BCUT2D eigenvalue weighted by atomic mass is 10.1. The lowest BCUT2D eigenvalue weighted by Gasteiger charge is -2.18. The van der Waals surface area contributed by atoms with Crippen molar-refractivity contribution in [1.29, 1.82) is 0 Å². The average molecular weight is 279 g/mol. The molecule has 1 aromatic carbocycles. The molecule has 2 atom stereocenters. The molecule has 2 rings (SSSR count). The molecule has 7 heteroatoms. The topological polar surface area (TPSA) is 93.5 Å². The van der Waals surface area contributed by atoms with Gasteiger partial charge in [0, 0.05) is 32.3 Å². The Hall–Kier alpha value is -1.99. The zero-order valence-electron chi connectivity index (χ0n) is 11.2. The predicted octanol–water partition coefficient (Wildman–Crippen LogP) is 0.240. The summed E-state index contributed by atoms with van der Waals surface area (Å²) in [4.78, 5) is 22.0. The van der Waals surface area contributed by atoms with Gasteiger partial charge in [-0.1, -0.05) is 12.1 Å². The normalized spacial score (nSPS) is 21.6. The maximum atomic E-state index is 11.9. The van der Waals surface area contributed by atoms with Gasteiger partial charge in [-0.25, -0.2) is 0 Å². The lowest BCUT2D eigenvalue weighted by Crippen LogP contribution is -2.44. The number of rotatable bonds is 5. The van der Waals surface area contributed by atoms with E-state index in [4.69, 9.17) is 4.74 Å². The van der Waals surface area contributed by atoms with E-state index < -0.39 is 4.92 Å². The molecule has 1 fully saturated rings. The van der Waals surface area contributed by atoms with Crippen molar-refractivity contribution in [1.82, 2.24) is 10.6 Å². The number of nitro benzene ring substituents is 1. The summed E-state index contributed by atoms with van der Waals surface area (Å²) in [6.45, 7) is 1.41. The molecule has 0 aliphatic carbocycles. The molecule has 0 saturated carbocycles. The molecule has 2 N–H and O–H groups in total. The fraction of sp³-hybridized carbons (Fsp3) is 0.462. The number of hydrogen-bond donors (Lipinski definition) is 2. The van der Waals surface area contributed by atoms with Crippen LogP contribution in [0.4, 0.5) is 5.69 Å². The van der Waals surface area contributed by atoms with Crippen LogP contribution in [0.15, 0.2) is 24.3 Å². The minimum absolute atomic E-state index is 0.0178. The molecule has 20 heavy (non-hydrogen) atoms. The summed E-state index contributed by atoms with van der Waals surface area (Å²) < 4.78 is 5.26. The van der Waals surface area contributed by atoms with E-state index in [1.54, 1.807) is 19.2 Å². The van der Waals surface area contributed by atoms with Crippen molar-refractivity contribution >= 4 is 11.6 Å². The van der Waals surface area contributed by atoms with Gasteiger partial charge < -0.3 is 15.4 Å². The minimum Gasteiger partial charge on any atom is -0.378 e. The Labute approximate surface area is 116 Å². The molecule has 1 aliphatic rings. The first-order chi connectivity index (χ1) is 9.60. The Morgan fingerprint density at radius 1 is 1.45 bits per heavy atom. The quantitative estimate of drug-likeness (QED) is 0.595. The fourth-order valence-corrected chi connectivity index (χ4v) is 2.23. The van der Waals surface area contributed by atoms with Gasteiger partial charge in [0.2, 0.25) is 5.91 Å². The lowest BCUT2D eigenvalue weighted by molar-refractivity contribution is -0.384. The largest absolute Gasteiger partial charge is 0.378 e.